The fraction of sp³-hybridized carbons (Fsp3) is 0.826. The molecular weight excluding hydrogens is 324 g/mol. The van der Waals surface area contributed by atoms with E-state index in [0.29, 0.717) is 30.0 Å². The number of fused-ring (bicyclic) bond motifs is 5. The van der Waals surface area contributed by atoms with E-state index in [1.165, 1.54) is 24.8 Å². The van der Waals surface area contributed by atoms with E-state index in [1.54, 1.807) is 0 Å². The SMILES string of the molecule is CCCC(=O)OC1=C2CC[C@@H]3[C@H](CC[C@]4(C)C(=O)CC[C@@H]34)[C@@]2(C)CCC1. The van der Waals surface area contributed by atoms with Crippen LogP contribution in [-0.2, 0) is 14.3 Å². The highest BCUT2D eigenvalue weighted by Crippen LogP contribution is 2.65. The van der Waals surface area contributed by atoms with Crippen LogP contribution >= 0.6 is 0 Å². The van der Waals surface area contributed by atoms with Crippen LogP contribution in [0.5, 0.6) is 0 Å². The highest BCUT2D eigenvalue weighted by molar-refractivity contribution is 5.87. The second kappa shape index (κ2) is 6.49. The van der Waals surface area contributed by atoms with Crippen molar-refractivity contribution in [1.29, 1.82) is 0 Å². The maximum atomic E-state index is 12.5. The average Bonchev–Trinajstić information content (AvgIpc) is 2.90. The fourth-order valence-electron chi connectivity index (χ4n) is 7.14. The number of carbonyl (C=O) groups excluding carboxylic acids is 2. The van der Waals surface area contributed by atoms with Gasteiger partial charge in [0.1, 0.15) is 11.5 Å². The van der Waals surface area contributed by atoms with Crippen LogP contribution in [0.4, 0.5) is 0 Å². The Labute approximate surface area is 157 Å². The number of esters is 1. The monoisotopic (exact) mass is 358 g/mol. The summed E-state index contributed by atoms with van der Waals surface area (Å²) >= 11 is 0. The van der Waals surface area contributed by atoms with Crippen molar-refractivity contribution in [2.75, 3.05) is 0 Å². The van der Waals surface area contributed by atoms with Crippen molar-refractivity contribution < 1.29 is 14.3 Å². The van der Waals surface area contributed by atoms with Crippen LogP contribution < -0.4 is 0 Å². The number of carbonyl (C=O) groups is 2. The van der Waals surface area contributed by atoms with Gasteiger partial charge in [0, 0.05) is 24.7 Å². The van der Waals surface area contributed by atoms with Crippen LogP contribution in [-0.4, -0.2) is 11.8 Å². The number of ether oxygens (including phenoxy) is 1. The minimum absolute atomic E-state index is 0.0518. The van der Waals surface area contributed by atoms with Crippen molar-refractivity contribution in [3.05, 3.63) is 11.3 Å². The average molecular weight is 359 g/mol. The molecule has 0 aromatic carbocycles. The topological polar surface area (TPSA) is 43.4 Å². The zero-order chi connectivity index (χ0) is 18.5. The summed E-state index contributed by atoms with van der Waals surface area (Å²) in [6.45, 7) is 6.71. The maximum Gasteiger partial charge on any atom is 0.310 e. The van der Waals surface area contributed by atoms with Crippen molar-refractivity contribution >= 4 is 11.8 Å². The number of rotatable bonds is 3. The van der Waals surface area contributed by atoms with Gasteiger partial charge < -0.3 is 4.74 Å². The molecule has 0 saturated heterocycles. The molecule has 0 aliphatic heterocycles. The van der Waals surface area contributed by atoms with Gasteiger partial charge in [-0.25, -0.2) is 0 Å². The Kier molecular flexibility index (Phi) is 4.56. The molecule has 0 heterocycles. The number of Topliss-reactive ketones (excluding diaryl/α,β-unsaturated/α-hetero) is 1. The molecule has 4 aliphatic carbocycles. The molecule has 3 fully saturated rings. The van der Waals surface area contributed by atoms with E-state index in [2.05, 4.69) is 13.8 Å². The first kappa shape index (κ1) is 18.3. The number of allylic oxidation sites excluding steroid dienone is 2. The highest BCUT2D eigenvalue weighted by Gasteiger charge is 2.59. The Balaban J connectivity index is 1.63. The quantitative estimate of drug-likeness (QED) is 0.619. The van der Waals surface area contributed by atoms with Crippen LogP contribution in [0.2, 0.25) is 0 Å². The molecule has 0 unspecified atom stereocenters. The van der Waals surface area contributed by atoms with Gasteiger partial charge >= 0.3 is 5.97 Å². The van der Waals surface area contributed by atoms with Crippen molar-refractivity contribution in [1.82, 2.24) is 0 Å². The Morgan fingerprint density at radius 1 is 1.04 bits per heavy atom. The van der Waals surface area contributed by atoms with Crippen LogP contribution in [0.15, 0.2) is 11.3 Å². The van der Waals surface area contributed by atoms with E-state index in [9.17, 15) is 9.59 Å². The predicted molar refractivity (Wildman–Crippen MR) is 101 cm³/mol. The molecular formula is C23H34O3. The van der Waals surface area contributed by atoms with E-state index in [4.69, 9.17) is 4.74 Å². The number of ketones is 1. The second-order valence-corrected chi connectivity index (χ2v) is 9.73. The fourth-order valence-corrected chi connectivity index (χ4v) is 7.14. The zero-order valence-electron chi connectivity index (χ0n) is 16.7. The Hall–Kier alpha value is -1.12. The third-order valence-corrected chi connectivity index (χ3v) is 8.51. The van der Waals surface area contributed by atoms with Gasteiger partial charge in [-0.1, -0.05) is 20.8 Å². The summed E-state index contributed by atoms with van der Waals surface area (Å²) in [6, 6.07) is 0. The standard InChI is InChI=1S/C23H34O3/c1-4-6-21(25)26-19-7-5-13-22(2)17-12-14-23(3)16(10-11-20(23)24)15(17)8-9-18(19)22/h15-17H,4-14H2,1-3H3/t15-,16-,17-,22+,23-/m0/s1. The van der Waals surface area contributed by atoms with Gasteiger partial charge in [0.15, 0.2) is 0 Å². The summed E-state index contributed by atoms with van der Waals surface area (Å²) in [5.74, 6) is 3.39. The maximum absolute atomic E-state index is 12.5. The lowest BCUT2D eigenvalue weighted by Gasteiger charge is -2.57. The van der Waals surface area contributed by atoms with E-state index >= 15 is 0 Å². The van der Waals surface area contributed by atoms with Gasteiger partial charge in [-0.2, -0.15) is 0 Å². The third kappa shape index (κ3) is 2.60. The molecule has 0 bridgehead atoms. The van der Waals surface area contributed by atoms with Crippen molar-refractivity contribution in [3.8, 4) is 0 Å². The smallest absolute Gasteiger partial charge is 0.310 e. The summed E-state index contributed by atoms with van der Waals surface area (Å²) in [6.07, 6.45) is 11.0. The van der Waals surface area contributed by atoms with Crippen molar-refractivity contribution in [2.45, 2.75) is 91.4 Å². The minimum atomic E-state index is -0.0565. The first-order chi connectivity index (χ1) is 12.4. The van der Waals surface area contributed by atoms with Crippen LogP contribution in [0.1, 0.15) is 91.4 Å². The van der Waals surface area contributed by atoms with E-state index in [0.717, 1.165) is 50.7 Å². The molecule has 3 nitrogen and oxygen atoms in total. The summed E-state index contributed by atoms with van der Waals surface area (Å²) in [4.78, 5) is 24.6. The summed E-state index contributed by atoms with van der Waals surface area (Å²) in [7, 11) is 0. The first-order valence-corrected chi connectivity index (χ1v) is 10.9. The highest BCUT2D eigenvalue weighted by atomic mass is 16.5. The second-order valence-electron chi connectivity index (χ2n) is 9.73. The molecule has 144 valence electrons. The molecule has 0 radical (unpaired) electrons. The Bertz CT molecular complexity index is 648. The van der Waals surface area contributed by atoms with Gasteiger partial charge in [0.25, 0.3) is 0 Å². The van der Waals surface area contributed by atoms with Gasteiger partial charge in [-0.3, -0.25) is 9.59 Å². The largest absolute Gasteiger partial charge is 0.431 e. The van der Waals surface area contributed by atoms with Gasteiger partial charge in [-0.05, 0) is 80.1 Å². The van der Waals surface area contributed by atoms with Gasteiger partial charge in [0.05, 0.1) is 0 Å². The zero-order valence-corrected chi connectivity index (χ0v) is 16.7. The van der Waals surface area contributed by atoms with Crippen LogP contribution in [0.3, 0.4) is 0 Å². The molecule has 0 aromatic rings. The summed E-state index contributed by atoms with van der Waals surface area (Å²) in [5, 5.41) is 0. The first-order valence-electron chi connectivity index (χ1n) is 10.9. The number of hydrogen-bond donors (Lipinski definition) is 0. The van der Waals surface area contributed by atoms with Crippen molar-refractivity contribution in [3.63, 3.8) is 0 Å². The molecule has 4 aliphatic rings. The lowest BCUT2D eigenvalue weighted by atomic mass is 9.47. The molecule has 4 rings (SSSR count). The molecule has 3 saturated carbocycles. The molecule has 5 atom stereocenters. The van der Waals surface area contributed by atoms with Gasteiger partial charge in [0.2, 0.25) is 0 Å². The normalized spacial score (nSPS) is 42.1. The number of hydrogen-bond acceptors (Lipinski definition) is 3. The van der Waals surface area contributed by atoms with Crippen molar-refractivity contribution in [2.24, 2.45) is 28.6 Å². The molecule has 26 heavy (non-hydrogen) atoms. The van der Waals surface area contributed by atoms with E-state index in [1.807, 2.05) is 6.92 Å². The molecule has 0 N–H and O–H groups in total. The molecule has 0 amide bonds. The molecule has 0 aromatic heterocycles. The summed E-state index contributed by atoms with van der Waals surface area (Å²) in [5.41, 5.74) is 1.57. The lowest BCUT2D eigenvalue weighted by molar-refractivity contribution is -0.141. The Morgan fingerprint density at radius 2 is 1.81 bits per heavy atom. The van der Waals surface area contributed by atoms with E-state index in [-0.39, 0.29) is 16.8 Å². The molecule has 0 spiro atoms. The lowest BCUT2D eigenvalue weighted by Crippen LogP contribution is -2.50. The Morgan fingerprint density at radius 3 is 2.58 bits per heavy atom. The summed E-state index contributed by atoms with van der Waals surface area (Å²) < 4.78 is 5.86. The van der Waals surface area contributed by atoms with Crippen LogP contribution in [0.25, 0.3) is 0 Å². The third-order valence-electron chi connectivity index (χ3n) is 8.51. The van der Waals surface area contributed by atoms with E-state index < -0.39 is 0 Å². The minimum Gasteiger partial charge on any atom is -0.431 e. The molecule has 3 heteroatoms. The van der Waals surface area contributed by atoms with Crippen LogP contribution in [0, 0.1) is 28.6 Å². The van der Waals surface area contributed by atoms with Gasteiger partial charge in [-0.15, -0.1) is 0 Å². The predicted octanol–water partition coefficient (Wildman–Crippen LogP) is 5.58.